The Morgan fingerprint density at radius 1 is 1.32 bits per heavy atom. The Hall–Kier alpha value is -2.45. The van der Waals surface area contributed by atoms with Crippen LogP contribution in [0.4, 0.5) is 10.2 Å². The number of ether oxygens (including phenoxy) is 2. The molecule has 1 aromatic carbocycles. The number of hydrogen-bond donors (Lipinski definition) is 3. The van der Waals surface area contributed by atoms with Crippen LogP contribution in [0.3, 0.4) is 0 Å². The number of aliphatic hydroxyl groups is 1. The molecule has 1 aliphatic rings. The average Bonchev–Trinajstić information content (AvgIpc) is 3.46. The zero-order valence-electron chi connectivity index (χ0n) is 23.2. The number of nitrogens with zero attached hydrogens (tertiary/aromatic N) is 4. The van der Waals surface area contributed by atoms with Crippen molar-refractivity contribution >= 4 is 53.0 Å². The molecule has 1 unspecified atom stereocenters. The molecule has 16 heteroatoms. The van der Waals surface area contributed by atoms with Crippen LogP contribution >= 0.6 is 18.2 Å². The van der Waals surface area contributed by atoms with Crippen LogP contribution in [0.2, 0.25) is 0 Å². The van der Waals surface area contributed by atoms with Gasteiger partial charge in [-0.15, -0.1) is 11.6 Å². The van der Waals surface area contributed by atoms with Crippen molar-refractivity contribution in [2.45, 2.75) is 63.9 Å². The number of para-hydroxylation sites is 1. The van der Waals surface area contributed by atoms with Crippen LogP contribution in [0.5, 0.6) is 5.75 Å². The minimum Gasteiger partial charge on any atom is -0.462 e. The fraction of sp³-hybridized carbons (Fsp3) is 0.520. The highest BCUT2D eigenvalue weighted by atomic mass is 35.5. The molecule has 41 heavy (non-hydrogen) atoms. The number of fused-ring (bicyclic) bond motifs is 1. The molecule has 0 aliphatic carbocycles. The highest BCUT2D eigenvalue weighted by Gasteiger charge is 2.57. The van der Waals surface area contributed by atoms with E-state index in [0.29, 0.717) is 28.6 Å². The van der Waals surface area contributed by atoms with E-state index < -0.39 is 49.4 Å². The van der Waals surface area contributed by atoms with Crippen molar-refractivity contribution in [1.82, 2.24) is 24.6 Å². The quantitative estimate of drug-likeness (QED) is 0.153. The van der Waals surface area contributed by atoms with Gasteiger partial charge in [-0.05, 0) is 51.6 Å². The fourth-order valence-electron chi connectivity index (χ4n) is 4.21. The van der Waals surface area contributed by atoms with E-state index in [0.717, 1.165) is 0 Å². The van der Waals surface area contributed by atoms with Gasteiger partial charge in [-0.25, -0.2) is 24.4 Å². The minimum absolute atomic E-state index is 0.310. The van der Waals surface area contributed by atoms with Gasteiger partial charge >= 0.3 is 12.6 Å². The highest BCUT2D eigenvalue weighted by Crippen LogP contribution is 2.49. The number of halogens is 2. The zero-order chi connectivity index (χ0) is 29.9. The van der Waals surface area contributed by atoms with Crippen molar-refractivity contribution in [1.29, 1.82) is 0 Å². The number of nitrogens with one attached hydrogen (secondary N) is 2. The Labute approximate surface area is 247 Å². The number of aliphatic hydroxyl groups excluding tert-OH is 1. The summed E-state index contributed by atoms with van der Waals surface area (Å²) in [6.07, 6.45) is -3.96. The number of imidazole rings is 1. The maximum absolute atomic E-state index is 15.7. The summed E-state index contributed by atoms with van der Waals surface area (Å²) in [4.78, 5) is 25.5. The summed E-state index contributed by atoms with van der Waals surface area (Å²) in [5, 5.41) is 16.9. The van der Waals surface area contributed by atoms with Gasteiger partial charge in [-0.1, -0.05) is 18.2 Å². The van der Waals surface area contributed by atoms with Crippen molar-refractivity contribution in [3.05, 3.63) is 42.5 Å². The Bertz CT molecular complexity index is 1420. The van der Waals surface area contributed by atoms with Gasteiger partial charge in [0.25, 0.3) is 0 Å². The van der Waals surface area contributed by atoms with Gasteiger partial charge < -0.3 is 28.9 Å². The Balaban J connectivity index is 1.61. The number of hydrogen-bond acceptors (Lipinski definition) is 11. The molecule has 0 amide bonds. The second kappa shape index (κ2) is 12.8. The third-order valence-corrected chi connectivity index (χ3v) is 9.18. The summed E-state index contributed by atoms with van der Waals surface area (Å²) >= 11 is 12.0. The number of aryl methyl sites for hydroxylation is 1. The monoisotopic (exact) mass is 630 g/mol. The molecule has 3 aromatic rings. The molecule has 0 saturated carbocycles. The van der Waals surface area contributed by atoms with E-state index in [1.54, 1.807) is 65.1 Å². The van der Waals surface area contributed by atoms with Crippen molar-refractivity contribution in [3.8, 4) is 5.75 Å². The molecule has 1 fully saturated rings. The van der Waals surface area contributed by atoms with Gasteiger partial charge in [0.2, 0.25) is 0 Å². The smallest absolute Gasteiger partial charge is 0.323 e. The van der Waals surface area contributed by atoms with E-state index in [2.05, 4.69) is 25.4 Å². The number of rotatable bonds is 12. The SMILES string of the molecule is CNc1nc(C)nc2c1ncn2[C@@H]1O[C@](CCl)(COP(=S)(N[C@@H](C)C(=O)OC(C)C)Oc2ccccc2)[C@@H](O)[C@@H]1F. The van der Waals surface area contributed by atoms with Crippen LogP contribution in [0.1, 0.15) is 32.8 Å². The second-order valence-corrected chi connectivity index (χ2v) is 13.2. The van der Waals surface area contributed by atoms with E-state index in [-0.39, 0.29) is 12.0 Å². The maximum atomic E-state index is 15.7. The zero-order valence-corrected chi connectivity index (χ0v) is 25.6. The summed E-state index contributed by atoms with van der Waals surface area (Å²) in [6.45, 7) is 2.71. The van der Waals surface area contributed by atoms with E-state index in [9.17, 15) is 9.90 Å². The molecule has 2 aromatic heterocycles. The number of benzene rings is 1. The number of anilines is 1. The van der Waals surface area contributed by atoms with Gasteiger partial charge in [-0.3, -0.25) is 9.36 Å². The molecule has 1 aliphatic heterocycles. The molecular formula is C25H33ClFN6O6PS. The number of alkyl halides is 2. The Kier molecular flexibility index (Phi) is 9.85. The van der Waals surface area contributed by atoms with Crippen LogP contribution in [0, 0.1) is 6.92 Å². The predicted molar refractivity (Wildman–Crippen MR) is 155 cm³/mol. The Morgan fingerprint density at radius 2 is 2.02 bits per heavy atom. The van der Waals surface area contributed by atoms with Crippen LogP contribution < -0.4 is 14.9 Å². The Morgan fingerprint density at radius 3 is 2.66 bits per heavy atom. The summed E-state index contributed by atoms with van der Waals surface area (Å²) in [6, 6.07) is 7.72. The summed E-state index contributed by atoms with van der Waals surface area (Å²) in [5.74, 6) is 0.357. The third kappa shape index (κ3) is 6.80. The minimum atomic E-state index is -3.52. The normalized spacial score (nSPS) is 24.8. The van der Waals surface area contributed by atoms with Gasteiger partial charge in [0.15, 0.2) is 29.4 Å². The van der Waals surface area contributed by atoms with Crippen LogP contribution in [0.15, 0.2) is 36.7 Å². The van der Waals surface area contributed by atoms with Crippen LogP contribution in [-0.2, 0) is 30.6 Å². The lowest BCUT2D eigenvalue weighted by Gasteiger charge is -2.33. The molecule has 224 valence electrons. The average molecular weight is 631 g/mol. The highest BCUT2D eigenvalue weighted by molar-refractivity contribution is 8.09. The molecule has 6 atom stereocenters. The van der Waals surface area contributed by atoms with Gasteiger partial charge in [-0.2, -0.15) is 0 Å². The number of carbonyl (C=O) groups excluding carboxylic acids is 1. The fourth-order valence-corrected chi connectivity index (χ4v) is 6.95. The first kappa shape index (κ1) is 31.5. The molecular weight excluding hydrogens is 598 g/mol. The lowest BCUT2D eigenvalue weighted by atomic mass is 9.99. The predicted octanol–water partition coefficient (Wildman–Crippen LogP) is 3.63. The summed E-state index contributed by atoms with van der Waals surface area (Å²) < 4.78 is 40.5. The van der Waals surface area contributed by atoms with Crippen molar-refractivity contribution in [2.24, 2.45) is 0 Å². The molecule has 4 rings (SSSR count). The third-order valence-electron chi connectivity index (χ3n) is 6.24. The molecule has 1 saturated heterocycles. The molecule has 12 nitrogen and oxygen atoms in total. The first-order valence-corrected chi connectivity index (χ1v) is 16.0. The van der Waals surface area contributed by atoms with Crippen LogP contribution in [0.25, 0.3) is 11.2 Å². The van der Waals surface area contributed by atoms with Gasteiger partial charge in [0.05, 0.1) is 24.9 Å². The summed E-state index contributed by atoms with van der Waals surface area (Å²) in [5.41, 5.74) is -1.02. The number of aromatic nitrogens is 4. The van der Waals surface area contributed by atoms with Gasteiger partial charge in [0, 0.05) is 7.05 Å². The van der Waals surface area contributed by atoms with Crippen molar-refractivity contribution in [3.63, 3.8) is 0 Å². The van der Waals surface area contributed by atoms with Crippen LogP contribution in [-0.4, -0.2) is 80.2 Å². The molecule has 3 N–H and O–H groups in total. The molecule has 0 radical (unpaired) electrons. The first-order valence-electron chi connectivity index (χ1n) is 12.8. The van der Waals surface area contributed by atoms with E-state index in [1.165, 1.54) is 10.9 Å². The van der Waals surface area contributed by atoms with Gasteiger partial charge in [0.1, 0.15) is 29.3 Å². The molecule has 3 heterocycles. The lowest BCUT2D eigenvalue weighted by molar-refractivity contribution is -0.149. The van der Waals surface area contributed by atoms with E-state index >= 15 is 4.39 Å². The number of esters is 1. The van der Waals surface area contributed by atoms with E-state index in [4.69, 9.17) is 41.9 Å². The lowest BCUT2D eigenvalue weighted by Crippen LogP contribution is -2.48. The standard InChI is InChI=1S/C25H33ClFN6O6PS/c1-14(2)37-24(35)15(3)32-40(41,39-17-9-7-6-8-10-17)36-12-25(11-26)20(34)18(27)23(38-25)33-13-29-19-21(28-5)30-16(4)31-22(19)33/h6-10,13-15,18,20,23,34H,11-12H2,1-5H3,(H,32,41)(H,28,30,31)/t15-,18-,20-,23+,25+,40?/m0/s1. The molecule has 0 bridgehead atoms. The molecule has 0 spiro atoms. The van der Waals surface area contributed by atoms with Crippen molar-refractivity contribution in [2.75, 3.05) is 24.9 Å². The van der Waals surface area contributed by atoms with Crippen molar-refractivity contribution < 1.29 is 32.8 Å². The first-order chi connectivity index (χ1) is 19.4. The topological polar surface area (TPSA) is 142 Å². The largest absolute Gasteiger partial charge is 0.462 e. The number of carbonyl (C=O) groups is 1. The second-order valence-electron chi connectivity index (χ2n) is 9.80. The van der Waals surface area contributed by atoms with E-state index in [1.807, 2.05) is 0 Å². The summed E-state index contributed by atoms with van der Waals surface area (Å²) in [7, 11) is 1.68. The maximum Gasteiger partial charge on any atom is 0.323 e.